The number of benzene rings is 2. The van der Waals surface area contributed by atoms with E-state index in [0.29, 0.717) is 42.3 Å². The maximum absolute atomic E-state index is 13.9. The van der Waals surface area contributed by atoms with Crippen molar-refractivity contribution in [1.82, 2.24) is 25.2 Å². The molecule has 3 heterocycles. The van der Waals surface area contributed by atoms with E-state index in [0.717, 1.165) is 18.4 Å². The molecule has 10 heteroatoms. The Morgan fingerprint density at radius 2 is 2.00 bits per heavy atom. The van der Waals surface area contributed by atoms with E-state index in [1.165, 1.54) is 4.90 Å². The lowest BCUT2D eigenvalue weighted by molar-refractivity contribution is -0.142. The molecule has 2 aromatic carbocycles. The maximum atomic E-state index is 13.9. The van der Waals surface area contributed by atoms with Crippen molar-refractivity contribution in [3.63, 3.8) is 0 Å². The van der Waals surface area contributed by atoms with Crippen molar-refractivity contribution in [2.24, 2.45) is 0 Å². The highest BCUT2D eigenvalue weighted by atomic mass is 16.5. The van der Waals surface area contributed by atoms with Crippen LogP contribution in [0.15, 0.2) is 71.3 Å². The monoisotopic (exact) mass is 517 g/mol. The van der Waals surface area contributed by atoms with Crippen molar-refractivity contribution in [1.29, 1.82) is 0 Å². The molecule has 38 heavy (non-hydrogen) atoms. The Kier molecular flexibility index (Phi) is 7.98. The molecule has 0 radical (unpaired) electrons. The summed E-state index contributed by atoms with van der Waals surface area (Å²) in [7, 11) is 0. The van der Waals surface area contributed by atoms with Crippen LogP contribution in [0, 0.1) is 0 Å². The Hall–Kier alpha value is -4.18. The van der Waals surface area contributed by atoms with Gasteiger partial charge in [0.05, 0.1) is 31.0 Å². The number of carbonyl (C=O) groups excluding carboxylic acids is 2. The van der Waals surface area contributed by atoms with E-state index in [-0.39, 0.29) is 31.0 Å². The van der Waals surface area contributed by atoms with E-state index in [9.17, 15) is 9.59 Å². The third kappa shape index (κ3) is 5.86. The standard InChI is InChI=1S/C28H31N5O5/c1-2-36-21-13-11-20(12-14-21)27(28(35)29-17-22-7-5-15-37-22)32(18-23-8-6-16-38-23)26(34)19-33-25-10-4-3-9-24(25)30-31-33/h3-4,6,8-14,16,22,27H,2,5,7,15,17-19H2,1H3,(H,29,35)/t22-,27-/m1/s1. The number of aromatic nitrogens is 3. The average Bonchev–Trinajstić information content (AvgIpc) is 3.71. The lowest BCUT2D eigenvalue weighted by atomic mass is 10.0. The zero-order valence-electron chi connectivity index (χ0n) is 21.3. The smallest absolute Gasteiger partial charge is 0.247 e. The summed E-state index contributed by atoms with van der Waals surface area (Å²) >= 11 is 0. The SMILES string of the molecule is CCOc1ccc([C@H](C(=O)NC[C@H]2CCCO2)N(Cc2ccco2)C(=O)Cn2nnc3ccccc32)cc1. The average molecular weight is 518 g/mol. The van der Waals surface area contributed by atoms with Gasteiger partial charge in [-0.25, -0.2) is 4.68 Å². The molecule has 1 N–H and O–H groups in total. The summed E-state index contributed by atoms with van der Waals surface area (Å²) in [6.45, 7) is 3.52. The normalized spacial score (nSPS) is 15.9. The zero-order valence-corrected chi connectivity index (χ0v) is 21.3. The van der Waals surface area contributed by atoms with Crippen molar-refractivity contribution in [2.75, 3.05) is 19.8 Å². The summed E-state index contributed by atoms with van der Waals surface area (Å²) in [5, 5.41) is 11.3. The molecular formula is C28H31N5O5. The van der Waals surface area contributed by atoms with Gasteiger partial charge in [-0.05, 0) is 61.7 Å². The van der Waals surface area contributed by atoms with E-state index in [1.807, 2.05) is 43.3 Å². The summed E-state index contributed by atoms with van der Waals surface area (Å²) in [5.41, 5.74) is 2.08. The van der Waals surface area contributed by atoms with Crippen LogP contribution in [0.2, 0.25) is 0 Å². The molecule has 4 aromatic rings. The Morgan fingerprint density at radius 1 is 1.16 bits per heavy atom. The summed E-state index contributed by atoms with van der Waals surface area (Å²) in [6, 6.07) is 17.3. The number of rotatable bonds is 11. The number of carbonyl (C=O) groups is 2. The van der Waals surface area contributed by atoms with Crippen LogP contribution in [-0.4, -0.2) is 57.6 Å². The fraction of sp³-hybridized carbons (Fsp3) is 0.357. The number of nitrogens with zero attached hydrogens (tertiary/aromatic N) is 4. The van der Waals surface area contributed by atoms with Gasteiger partial charge in [0.2, 0.25) is 11.8 Å². The minimum Gasteiger partial charge on any atom is -0.494 e. The summed E-state index contributed by atoms with van der Waals surface area (Å²) < 4.78 is 18.4. The van der Waals surface area contributed by atoms with Gasteiger partial charge in [-0.3, -0.25) is 9.59 Å². The van der Waals surface area contributed by atoms with Crippen LogP contribution in [0.4, 0.5) is 0 Å². The predicted octanol–water partition coefficient (Wildman–Crippen LogP) is 3.49. The number of nitrogens with one attached hydrogen (secondary N) is 1. The van der Waals surface area contributed by atoms with Gasteiger partial charge in [-0.15, -0.1) is 5.10 Å². The number of para-hydroxylation sites is 1. The van der Waals surface area contributed by atoms with E-state index in [4.69, 9.17) is 13.9 Å². The predicted molar refractivity (Wildman–Crippen MR) is 139 cm³/mol. The molecule has 1 fully saturated rings. The molecule has 0 unspecified atom stereocenters. The van der Waals surface area contributed by atoms with Gasteiger partial charge in [0.25, 0.3) is 0 Å². The molecule has 1 aliphatic heterocycles. The number of furan rings is 1. The first-order valence-corrected chi connectivity index (χ1v) is 12.8. The van der Waals surface area contributed by atoms with Crippen LogP contribution in [0.3, 0.4) is 0 Å². The van der Waals surface area contributed by atoms with E-state index >= 15 is 0 Å². The molecular weight excluding hydrogens is 486 g/mol. The number of fused-ring (bicyclic) bond motifs is 1. The fourth-order valence-corrected chi connectivity index (χ4v) is 4.65. The molecule has 1 aliphatic rings. The molecule has 0 aliphatic carbocycles. The lowest BCUT2D eigenvalue weighted by Crippen LogP contribution is -2.46. The third-order valence-corrected chi connectivity index (χ3v) is 6.53. The van der Waals surface area contributed by atoms with Crippen molar-refractivity contribution in [3.8, 4) is 5.75 Å². The molecule has 2 atom stereocenters. The first kappa shape index (κ1) is 25.5. The van der Waals surface area contributed by atoms with Crippen molar-refractivity contribution in [2.45, 2.75) is 45.0 Å². The first-order chi connectivity index (χ1) is 18.6. The Labute approximate surface area is 220 Å². The van der Waals surface area contributed by atoms with E-state index in [2.05, 4.69) is 15.6 Å². The molecule has 10 nitrogen and oxygen atoms in total. The number of ether oxygens (including phenoxy) is 2. The largest absolute Gasteiger partial charge is 0.494 e. The summed E-state index contributed by atoms with van der Waals surface area (Å²) in [5.74, 6) is 0.647. The highest BCUT2D eigenvalue weighted by Gasteiger charge is 2.33. The van der Waals surface area contributed by atoms with Crippen molar-refractivity contribution < 1.29 is 23.5 Å². The number of hydrogen-bond acceptors (Lipinski definition) is 7. The zero-order chi connectivity index (χ0) is 26.3. The first-order valence-electron chi connectivity index (χ1n) is 12.8. The van der Waals surface area contributed by atoms with Gasteiger partial charge in [-0.1, -0.05) is 29.5 Å². The van der Waals surface area contributed by atoms with Gasteiger partial charge < -0.3 is 24.1 Å². The molecule has 0 spiro atoms. The summed E-state index contributed by atoms with van der Waals surface area (Å²) in [4.78, 5) is 29.2. The van der Waals surface area contributed by atoms with Gasteiger partial charge >= 0.3 is 0 Å². The molecule has 2 aromatic heterocycles. The molecule has 5 rings (SSSR count). The van der Waals surface area contributed by atoms with E-state index < -0.39 is 6.04 Å². The van der Waals surface area contributed by atoms with Crippen LogP contribution in [0.25, 0.3) is 11.0 Å². The van der Waals surface area contributed by atoms with Crippen LogP contribution in [-0.2, 0) is 27.4 Å². The molecule has 198 valence electrons. The Morgan fingerprint density at radius 3 is 2.74 bits per heavy atom. The topological polar surface area (TPSA) is 112 Å². The lowest BCUT2D eigenvalue weighted by Gasteiger charge is -2.31. The van der Waals surface area contributed by atoms with Crippen LogP contribution < -0.4 is 10.1 Å². The highest BCUT2D eigenvalue weighted by Crippen LogP contribution is 2.27. The van der Waals surface area contributed by atoms with Crippen molar-refractivity contribution >= 4 is 22.8 Å². The van der Waals surface area contributed by atoms with Gasteiger partial charge in [-0.2, -0.15) is 0 Å². The van der Waals surface area contributed by atoms with Gasteiger partial charge in [0, 0.05) is 13.2 Å². The highest BCUT2D eigenvalue weighted by molar-refractivity contribution is 5.89. The second-order valence-electron chi connectivity index (χ2n) is 9.12. The quantitative estimate of drug-likeness (QED) is 0.324. The minimum atomic E-state index is -0.917. The van der Waals surface area contributed by atoms with Crippen molar-refractivity contribution in [3.05, 3.63) is 78.3 Å². The van der Waals surface area contributed by atoms with Crippen LogP contribution in [0.1, 0.15) is 37.1 Å². The molecule has 2 amide bonds. The molecule has 0 bridgehead atoms. The fourth-order valence-electron chi connectivity index (χ4n) is 4.65. The summed E-state index contributed by atoms with van der Waals surface area (Å²) in [6.07, 6.45) is 3.38. The Bertz CT molecular complexity index is 1350. The second-order valence-corrected chi connectivity index (χ2v) is 9.12. The van der Waals surface area contributed by atoms with Crippen LogP contribution >= 0.6 is 0 Å². The Balaban J connectivity index is 1.47. The maximum Gasteiger partial charge on any atom is 0.247 e. The molecule has 0 saturated carbocycles. The van der Waals surface area contributed by atoms with E-state index in [1.54, 1.807) is 35.2 Å². The number of hydrogen-bond donors (Lipinski definition) is 1. The van der Waals surface area contributed by atoms with Gasteiger partial charge in [0.1, 0.15) is 29.6 Å². The third-order valence-electron chi connectivity index (χ3n) is 6.53. The number of amides is 2. The van der Waals surface area contributed by atoms with Crippen LogP contribution in [0.5, 0.6) is 5.75 Å². The minimum absolute atomic E-state index is 0.0318. The van der Waals surface area contributed by atoms with Gasteiger partial charge in [0.15, 0.2) is 0 Å². The molecule has 1 saturated heterocycles. The second kappa shape index (κ2) is 11.9.